The Morgan fingerprint density at radius 2 is 1.95 bits per heavy atom. The summed E-state index contributed by atoms with van der Waals surface area (Å²) < 4.78 is 12.7. The Bertz CT molecular complexity index is 1470. The predicted octanol–water partition coefficient (Wildman–Crippen LogP) is 5.81. The molecule has 3 aromatic rings. The minimum Gasteiger partial charge on any atom is -0.496 e. The van der Waals surface area contributed by atoms with Crippen molar-refractivity contribution < 1.29 is 24.2 Å². The quantitative estimate of drug-likeness (QED) is 0.268. The highest BCUT2D eigenvalue weighted by atomic mass is 35.5. The third kappa shape index (κ3) is 6.37. The highest BCUT2D eigenvalue weighted by molar-refractivity contribution is 6.31. The Balaban J connectivity index is 1.97. The van der Waals surface area contributed by atoms with Crippen molar-refractivity contribution in [1.82, 2.24) is 19.8 Å². The molecule has 0 radical (unpaired) electrons. The van der Waals surface area contributed by atoms with Crippen LogP contribution >= 0.6 is 23.2 Å². The fraction of sp³-hybridized carbons (Fsp3) is 0.367. The average molecular weight is 602 g/mol. The van der Waals surface area contributed by atoms with Gasteiger partial charge in [-0.2, -0.15) is 0 Å². The van der Waals surface area contributed by atoms with Crippen LogP contribution in [0.1, 0.15) is 59.7 Å². The van der Waals surface area contributed by atoms with Crippen LogP contribution < -0.4 is 10.1 Å². The number of imidazole rings is 1. The molecular weight excluding hydrogens is 567 g/mol. The van der Waals surface area contributed by atoms with Gasteiger partial charge < -0.3 is 29.4 Å². The third-order valence-electron chi connectivity index (χ3n) is 6.96. The number of benzene rings is 2. The molecule has 0 saturated carbocycles. The fourth-order valence-corrected chi connectivity index (χ4v) is 5.61. The van der Waals surface area contributed by atoms with E-state index < -0.39 is 17.4 Å². The summed E-state index contributed by atoms with van der Waals surface area (Å²) in [5, 5.41) is 13.7. The number of methoxy groups -OCH3 is 2. The first-order valence-electron chi connectivity index (χ1n) is 13.2. The number of carbonyl (C=O) groups is 2. The maximum atomic E-state index is 12.8. The molecule has 11 heteroatoms. The molecule has 1 aliphatic heterocycles. The predicted molar refractivity (Wildman–Crippen MR) is 159 cm³/mol. The smallest absolute Gasteiger partial charge is 0.356 e. The zero-order valence-corrected chi connectivity index (χ0v) is 25.2. The largest absolute Gasteiger partial charge is 0.496 e. The number of aromatic nitrogens is 2. The van der Waals surface area contributed by atoms with Crippen molar-refractivity contribution in [1.29, 1.82) is 0 Å². The Kier molecular flexibility index (Phi) is 9.63. The van der Waals surface area contributed by atoms with E-state index in [2.05, 4.69) is 10.3 Å². The highest BCUT2D eigenvalue weighted by Crippen LogP contribution is 2.38. The van der Waals surface area contributed by atoms with Crippen LogP contribution in [-0.4, -0.2) is 64.2 Å². The molecule has 9 nitrogen and oxygen atoms in total. The molecule has 2 heterocycles. The number of ether oxygens (including phenoxy) is 2. The van der Waals surface area contributed by atoms with Crippen LogP contribution in [0.4, 0.5) is 0 Å². The van der Waals surface area contributed by atoms with E-state index in [0.29, 0.717) is 46.7 Å². The van der Waals surface area contributed by atoms with Crippen LogP contribution in [-0.2, 0) is 9.53 Å². The van der Waals surface area contributed by atoms with Crippen LogP contribution in [0.5, 0.6) is 5.75 Å². The number of carboxylic acids is 1. The van der Waals surface area contributed by atoms with Crippen molar-refractivity contribution >= 4 is 35.1 Å². The first-order chi connectivity index (χ1) is 19.6. The minimum atomic E-state index is -1.17. The van der Waals surface area contributed by atoms with E-state index in [1.807, 2.05) is 61.7 Å². The second kappa shape index (κ2) is 13.0. The number of nitrogens with zero attached hydrogens (tertiary/aromatic N) is 3. The molecule has 1 aromatic heterocycles. The number of carboxylic acid groups (broad SMARTS) is 1. The SMILES string of the molecule is COCCN1C=C(NC(c2ccc(Cl)cc2C)c2c(C(=O)O)nc(-c3ccccc3OC)n2C(C)C)CC(Cl)C1=O. The minimum absolute atomic E-state index is 0.0994. The molecule has 1 aliphatic rings. The van der Waals surface area contributed by atoms with Crippen LogP contribution in [0.2, 0.25) is 5.02 Å². The summed E-state index contributed by atoms with van der Waals surface area (Å²) in [7, 11) is 3.13. The number of aryl methyl sites for hydroxylation is 1. The Morgan fingerprint density at radius 1 is 1.22 bits per heavy atom. The van der Waals surface area contributed by atoms with E-state index in [9.17, 15) is 14.7 Å². The first kappa shape index (κ1) is 30.4. The van der Waals surface area contributed by atoms with Crippen molar-refractivity contribution in [3.05, 3.63) is 81.9 Å². The lowest BCUT2D eigenvalue weighted by atomic mass is 9.96. The molecule has 2 N–H and O–H groups in total. The summed E-state index contributed by atoms with van der Waals surface area (Å²) in [5.41, 5.74) is 3.35. The van der Waals surface area contributed by atoms with Crippen molar-refractivity contribution in [3.63, 3.8) is 0 Å². The zero-order chi connectivity index (χ0) is 29.8. The van der Waals surface area contributed by atoms with Gasteiger partial charge in [-0.1, -0.05) is 29.8 Å². The second-order valence-electron chi connectivity index (χ2n) is 10.1. The molecule has 4 rings (SSSR count). The number of para-hydroxylation sites is 1. The van der Waals surface area contributed by atoms with Gasteiger partial charge in [-0.3, -0.25) is 4.79 Å². The van der Waals surface area contributed by atoms with E-state index in [4.69, 9.17) is 32.7 Å². The molecule has 2 unspecified atom stereocenters. The van der Waals surface area contributed by atoms with Gasteiger partial charge in [-0.25, -0.2) is 9.78 Å². The number of rotatable bonds is 11. The van der Waals surface area contributed by atoms with Crippen molar-refractivity contribution in [2.75, 3.05) is 27.4 Å². The van der Waals surface area contributed by atoms with Gasteiger partial charge in [0.25, 0.3) is 0 Å². The highest BCUT2D eigenvalue weighted by Gasteiger charge is 2.35. The molecule has 0 aliphatic carbocycles. The molecule has 2 atom stereocenters. The monoisotopic (exact) mass is 600 g/mol. The molecule has 0 saturated heterocycles. The van der Waals surface area contributed by atoms with Gasteiger partial charge in [0.15, 0.2) is 5.69 Å². The van der Waals surface area contributed by atoms with Gasteiger partial charge in [0.1, 0.15) is 17.0 Å². The first-order valence-corrected chi connectivity index (χ1v) is 14.0. The fourth-order valence-electron chi connectivity index (χ4n) is 5.09. The van der Waals surface area contributed by atoms with Crippen LogP contribution in [0.3, 0.4) is 0 Å². The van der Waals surface area contributed by atoms with E-state index in [1.54, 1.807) is 26.5 Å². The Labute approximate surface area is 249 Å². The average Bonchev–Trinajstić information content (AvgIpc) is 3.34. The molecule has 41 heavy (non-hydrogen) atoms. The normalized spacial score (nSPS) is 16.1. The van der Waals surface area contributed by atoms with Crippen LogP contribution in [0.25, 0.3) is 11.4 Å². The van der Waals surface area contributed by atoms with Gasteiger partial charge in [-0.05, 0) is 56.2 Å². The lowest BCUT2D eigenvalue weighted by molar-refractivity contribution is -0.129. The maximum Gasteiger partial charge on any atom is 0.356 e. The number of hydrogen-bond donors (Lipinski definition) is 2. The number of amides is 1. The number of halogens is 2. The molecule has 0 fully saturated rings. The Morgan fingerprint density at radius 3 is 2.59 bits per heavy atom. The van der Waals surface area contributed by atoms with Gasteiger partial charge in [0, 0.05) is 43.0 Å². The number of hydrogen-bond acceptors (Lipinski definition) is 6. The number of carbonyl (C=O) groups excluding carboxylic acids is 1. The molecular formula is C30H34Cl2N4O5. The topological polar surface area (TPSA) is 106 Å². The van der Waals surface area contributed by atoms with E-state index in [1.165, 1.54) is 4.90 Å². The number of aromatic carboxylic acids is 1. The van der Waals surface area contributed by atoms with Crippen molar-refractivity contribution in [3.8, 4) is 17.1 Å². The Hall–Kier alpha value is -3.53. The molecule has 2 aromatic carbocycles. The van der Waals surface area contributed by atoms with E-state index in [0.717, 1.165) is 11.1 Å². The van der Waals surface area contributed by atoms with E-state index >= 15 is 0 Å². The van der Waals surface area contributed by atoms with Gasteiger partial charge in [0.05, 0.1) is 31.0 Å². The van der Waals surface area contributed by atoms with Gasteiger partial charge >= 0.3 is 5.97 Å². The lowest BCUT2D eigenvalue weighted by Gasteiger charge is -2.32. The summed E-state index contributed by atoms with van der Waals surface area (Å²) in [6, 6.07) is 12.0. The lowest BCUT2D eigenvalue weighted by Crippen LogP contribution is -2.41. The van der Waals surface area contributed by atoms with Crippen LogP contribution in [0.15, 0.2) is 54.4 Å². The van der Waals surface area contributed by atoms with Crippen LogP contribution in [0, 0.1) is 6.92 Å². The molecule has 0 spiro atoms. The zero-order valence-electron chi connectivity index (χ0n) is 23.6. The summed E-state index contributed by atoms with van der Waals surface area (Å²) in [5.74, 6) is -0.348. The molecule has 218 valence electrons. The maximum absolute atomic E-state index is 12.8. The number of allylic oxidation sites excluding steroid dienone is 1. The summed E-state index contributed by atoms with van der Waals surface area (Å²) in [6.45, 7) is 6.53. The van der Waals surface area contributed by atoms with Gasteiger partial charge in [0.2, 0.25) is 5.91 Å². The number of alkyl halides is 1. The summed E-state index contributed by atoms with van der Waals surface area (Å²) >= 11 is 12.8. The molecule has 1 amide bonds. The van der Waals surface area contributed by atoms with Crippen molar-refractivity contribution in [2.24, 2.45) is 0 Å². The van der Waals surface area contributed by atoms with Crippen molar-refractivity contribution in [2.45, 2.75) is 44.7 Å². The van der Waals surface area contributed by atoms with Gasteiger partial charge in [-0.15, -0.1) is 11.6 Å². The summed E-state index contributed by atoms with van der Waals surface area (Å²) in [4.78, 5) is 31.7. The van der Waals surface area contributed by atoms with E-state index in [-0.39, 0.29) is 24.1 Å². The standard InChI is InChI=1S/C30H34Cl2N4O5/c1-17(2)36-27(26(30(38)39)34-28(36)22-8-6-7-9-24(22)41-5)25(21-11-10-19(31)14-18(21)3)33-20-15-23(32)29(37)35(16-20)12-13-40-4/h6-11,14,16-17,23,25,33H,12-13,15H2,1-5H3,(H,38,39). The third-order valence-corrected chi connectivity index (χ3v) is 7.54. The summed E-state index contributed by atoms with van der Waals surface area (Å²) in [6.07, 6.45) is 1.96. The second-order valence-corrected chi connectivity index (χ2v) is 11.0. The number of nitrogens with one attached hydrogen (secondary N) is 1. The molecule has 0 bridgehead atoms.